The summed E-state index contributed by atoms with van der Waals surface area (Å²) in [6, 6.07) is 5.30. The number of aromatic nitrogens is 3. The molecule has 0 spiro atoms. The molecule has 7 nitrogen and oxygen atoms in total. The van der Waals surface area contributed by atoms with Gasteiger partial charge in [0.2, 0.25) is 10.0 Å². The quantitative estimate of drug-likeness (QED) is 0.776. The molecular formula is C17H18N4O3S. The van der Waals surface area contributed by atoms with Crippen molar-refractivity contribution in [1.82, 2.24) is 19.3 Å². The summed E-state index contributed by atoms with van der Waals surface area (Å²) in [5, 5.41) is 0. The molecule has 130 valence electrons. The second kappa shape index (κ2) is 5.82. The summed E-state index contributed by atoms with van der Waals surface area (Å²) in [4.78, 5) is 11.6. The molecule has 2 aromatic heterocycles. The van der Waals surface area contributed by atoms with Crippen LogP contribution in [-0.2, 0) is 23.0 Å². The number of aromatic amines is 1. The highest BCUT2D eigenvalue weighted by Crippen LogP contribution is 2.29. The number of benzene rings is 1. The Kier molecular flexibility index (Phi) is 3.73. The number of imidazole rings is 1. The summed E-state index contributed by atoms with van der Waals surface area (Å²) >= 11 is 0. The second-order valence-corrected chi connectivity index (χ2v) is 8.05. The van der Waals surface area contributed by atoms with Gasteiger partial charge in [0.25, 0.3) is 0 Å². The van der Waals surface area contributed by atoms with Gasteiger partial charge in [0.15, 0.2) is 11.7 Å². The Hall–Kier alpha value is -2.45. The Labute approximate surface area is 145 Å². The average molecular weight is 358 g/mol. The van der Waals surface area contributed by atoms with Crippen LogP contribution in [0.15, 0.2) is 40.0 Å². The van der Waals surface area contributed by atoms with Crippen LogP contribution >= 0.6 is 0 Å². The predicted octanol–water partition coefficient (Wildman–Crippen LogP) is 2.43. The molecule has 1 aromatic carbocycles. The molecule has 0 aliphatic carbocycles. The minimum absolute atomic E-state index is 0.294. The van der Waals surface area contributed by atoms with E-state index in [4.69, 9.17) is 4.42 Å². The van der Waals surface area contributed by atoms with Crippen molar-refractivity contribution in [3.63, 3.8) is 0 Å². The Bertz CT molecular complexity index is 1040. The van der Waals surface area contributed by atoms with E-state index >= 15 is 0 Å². The zero-order valence-corrected chi connectivity index (χ0v) is 14.8. The molecule has 0 amide bonds. The van der Waals surface area contributed by atoms with Crippen LogP contribution in [0.3, 0.4) is 0 Å². The van der Waals surface area contributed by atoms with Gasteiger partial charge in [-0.05, 0) is 18.6 Å². The Balaban J connectivity index is 1.73. The van der Waals surface area contributed by atoms with Crippen molar-refractivity contribution in [3.05, 3.63) is 53.6 Å². The van der Waals surface area contributed by atoms with Gasteiger partial charge >= 0.3 is 0 Å². The smallest absolute Gasteiger partial charge is 0.243 e. The Morgan fingerprint density at radius 2 is 2.08 bits per heavy atom. The first-order valence-electron chi connectivity index (χ1n) is 8.00. The fraction of sp³-hybridized carbons (Fsp3) is 0.294. The monoisotopic (exact) mass is 358 g/mol. The minimum atomic E-state index is -3.61. The van der Waals surface area contributed by atoms with Gasteiger partial charge in [-0.25, -0.2) is 18.4 Å². The molecule has 1 N–H and O–H groups in total. The molecule has 0 bridgehead atoms. The standard InChI is InChI=1S/C17H18N4O3S/c1-11-3-4-13(16-8-18-12(2)24-16)7-17(11)25(22,23)21-6-5-14-15(9-21)20-10-19-14/h3-4,7-8,10H,5-6,9H2,1-2H3,(H,19,20). The lowest BCUT2D eigenvalue weighted by Crippen LogP contribution is -2.36. The van der Waals surface area contributed by atoms with Crippen LogP contribution in [0.25, 0.3) is 11.3 Å². The fourth-order valence-corrected chi connectivity index (χ4v) is 4.72. The van der Waals surface area contributed by atoms with Crippen molar-refractivity contribution in [2.24, 2.45) is 0 Å². The summed E-state index contributed by atoms with van der Waals surface area (Å²) in [6.45, 7) is 4.28. The third-order valence-corrected chi connectivity index (χ3v) is 6.44. The molecular weight excluding hydrogens is 340 g/mol. The predicted molar refractivity (Wildman–Crippen MR) is 91.3 cm³/mol. The van der Waals surface area contributed by atoms with E-state index in [-0.39, 0.29) is 0 Å². The van der Waals surface area contributed by atoms with Gasteiger partial charge in [-0.15, -0.1) is 0 Å². The number of aryl methyl sites for hydroxylation is 2. The summed E-state index contributed by atoms with van der Waals surface area (Å²) in [5.74, 6) is 1.10. The molecule has 1 aliphatic rings. The summed E-state index contributed by atoms with van der Waals surface area (Å²) in [5.41, 5.74) is 3.20. The van der Waals surface area contributed by atoms with Crippen LogP contribution in [0.5, 0.6) is 0 Å². The van der Waals surface area contributed by atoms with Gasteiger partial charge < -0.3 is 9.40 Å². The molecule has 25 heavy (non-hydrogen) atoms. The molecule has 0 saturated carbocycles. The van der Waals surface area contributed by atoms with Crippen molar-refractivity contribution in [3.8, 4) is 11.3 Å². The first kappa shape index (κ1) is 16.0. The minimum Gasteiger partial charge on any atom is -0.441 e. The highest BCUT2D eigenvalue weighted by atomic mass is 32.2. The Morgan fingerprint density at radius 3 is 2.84 bits per heavy atom. The average Bonchev–Trinajstić information content (AvgIpc) is 3.23. The zero-order chi connectivity index (χ0) is 17.6. The molecule has 0 saturated heterocycles. The number of oxazole rings is 1. The number of hydrogen-bond acceptors (Lipinski definition) is 5. The molecule has 1 aliphatic heterocycles. The van der Waals surface area contributed by atoms with Crippen LogP contribution in [0.2, 0.25) is 0 Å². The van der Waals surface area contributed by atoms with Crippen molar-refractivity contribution >= 4 is 10.0 Å². The third kappa shape index (κ3) is 2.77. The van der Waals surface area contributed by atoms with Crippen LogP contribution in [0.4, 0.5) is 0 Å². The topological polar surface area (TPSA) is 92.1 Å². The van der Waals surface area contributed by atoms with E-state index in [1.807, 2.05) is 6.07 Å². The number of nitrogens with zero attached hydrogens (tertiary/aromatic N) is 3. The maximum absolute atomic E-state index is 13.2. The molecule has 0 unspecified atom stereocenters. The van der Waals surface area contributed by atoms with E-state index in [1.165, 1.54) is 4.31 Å². The fourth-order valence-electron chi connectivity index (χ4n) is 3.06. The lowest BCUT2D eigenvalue weighted by Gasteiger charge is -2.26. The van der Waals surface area contributed by atoms with Gasteiger partial charge in [0.1, 0.15) is 0 Å². The maximum Gasteiger partial charge on any atom is 0.243 e. The molecule has 8 heteroatoms. The van der Waals surface area contributed by atoms with Crippen LogP contribution in [0.1, 0.15) is 22.8 Å². The largest absolute Gasteiger partial charge is 0.441 e. The maximum atomic E-state index is 13.2. The first-order valence-corrected chi connectivity index (χ1v) is 9.44. The molecule has 3 aromatic rings. The SMILES string of the molecule is Cc1ncc(-c2ccc(C)c(S(=O)(=O)N3CCc4nc[nH]c4C3)c2)o1. The van der Waals surface area contributed by atoms with E-state index in [9.17, 15) is 8.42 Å². The van der Waals surface area contributed by atoms with E-state index in [1.54, 1.807) is 38.5 Å². The molecule has 3 heterocycles. The third-order valence-electron chi connectivity index (χ3n) is 4.45. The van der Waals surface area contributed by atoms with Crippen molar-refractivity contribution in [2.75, 3.05) is 6.54 Å². The highest BCUT2D eigenvalue weighted by Gasteiger charge is 2.30. The van der Waals surface area contributed by atoms with Gasteiger partial charge in [0.05, 0.1) is 35.4 Å². The summed E-state index contributed by atoms with van der Waals surface area (Å²) in [6.07, 6.45) is 3.82. The van der Waals surface area contributed by atoms with Crippen molar-refractivity contribution in [1.29, 1.82) is 0 Å². The number of H-pyrrole nitrogens is 1. The van der Waals surface area contributed by atoms with Crippen LogP contribution in [-0.4, -0.2) is 34.2 Å². The number of rotatable bonds is 3. The van der Waals surface area contributed by atoms with Gasteiger partial charge in [-0.2, -0.15) is 4.31 Å². The van der Waals surface area contributed by atoms with E-state index in [0.717, 1.165) is 11.4 Å². The molecule has 4 rings (SSSR count). The van der Waals surface area contributed by atoms with Gasteiger partial charge in [-0.3, -0.25) is 0 Å². The highest BCUT2D eigenvalue weighted by molar-refractivity contribution is 7.89. The van der Waals surface area contributed by atoms with E-state index < -0.39 is 10.0 Å². The van der Waals surface area contributed by atoms with Crippen molar-refractivity contribution < 1.29 is 12.8 Å². The normalized spacial score (nSPS) is 15.3. The summed E-state index contributed by atoms with van der Waals surface area (Å²) < 4.78 is 33.4. The van der Waals surface area contributed by atoms with Gasteiger partial charge in [0, 0.05) is 25.5 Å². The van der Waals surface area contributed by atoms with E-state index in [0.29, 0.717) is 47.2 Å². The van der Waals surface area contributed by atoms with Crippen LogP contribution in [0, 0.1) is 13.8 Å². The second-order valence-electron chi connectivity index (χ2n) is 6.14. The number of sulfonamides is 1. The van der Waals surface area contributed by atoms with Gasteiger partial charge in [-0.1, -0.05) is 12.1 Å². The molecule has 0 radical (unpaired) electrons. The zero-order valence-electron chi connectivity index (χ0n) is 14.0. The van der Waals surface area contributed by atoms with Crippen molar-refractivity contribution in [2.45, 2.75) is 31.7 Å². The number of fused-ring (bicyclic) bond motifs is 1. The summed E-state index contributed by atoms with van der Waals surface area (Å²) in [7, 11) is -3.61. The molecule has 0 fully saturated rings. The lowest BCUT2D eigenvalue weighted by atomic mass is 10.1. The van der Waals surface area contributed by atoms with Crippen LogP contribution < -0.4 is 0 Å². The Morgan fingerprint density at radius 1 is 1.24 bits per heavy atom. The number of nitrogens with one attached hydrogen (secondary N) is 1. The lowest BCUT2D eigenvalue weighted by molar-refractivity contribution is 0.385. The first-order chi connectivity index (χ1) is 11.9. The van der Waals surface area contributed by atoms with E-state index in [2.05, 4.69) is 15.0 Å². The number of hydrogen-bond donors (Lipinski definition) is 1. The molecule has 0 atom stereocenters.